The van der Waals surface area contributed by atoms with E-state index in [1.165, 1.54) is 49.9 Å². The Morgan fingerprint density at radius 1 is 1.15 bits per heavy atom. The molecule has 34 heavy (non-hydrogen) atoms. The molecular formula is C29H37N4S+. The van der Waals surface area contributed by atoms with E-state index in [1.807, 2.05) is 17.5 Å². The summed E-state index contributed by atoms with van der Waals surface area (Å²) >= 11 is 1.97. The van der Waals surface area contributed by atoms with Crippen LogP contribution in [0.2, 0.25) is 0 Å². The summed E-state index contributed by atoms with van der Waals surface area (Å²) in [6.45, 7) is 16.6. The summed E-state index contributed by atoms with van der Waals surface area (Å²) in [5.74, 6) is 2.04. The average Bonchev–Trinajstić information content (AvgIpc) is 3.56. The number of aromatic nitrogens is 4. The maximum Gasteiger partial charge on any atom is 0.257 e. The molecule has 0 atom stereocenters. The van der Waals surface area contributed by atoms with Crippen molar-refractivity contribution >= 4 is 11.3 Å². The smallest absolute Gasteiger partial charge is 0.257 e. The van der Waals surface area contributed by atoms with Gasteiger partial charge in [-0.15, -0.1) is 11.3 Å². The van der Waals surface area contributed by atoms with Crippen LogP contribution in [-0.2, 0) is 31.5 Å². The van der Waals surface area contributed by atoms with Crippen LogP contribution in [0.5, 0.6) is 0 Å². The molecule has 0 fully saturated rings. The lowest BCUT2D eigenvalue weighted by Gasteiger charge is -2.19. The lowest BCUT2D eigenvalue weighted by atomic mass is 9.86. The van der Waals surface area contributed by atoms with Crippen molar-refractivity contribution in [3.63, 3.8) is 0 Å². The van der Waals surface area contributed by atoms with E-state index in [0.717, 1.165) is 26.1 Å². The van der Waals surface area contributed by atoms with Crippen molar-refractivity contribution in [1.82, 2.24) is 14.3 Å². The first-order chi connectivity index (χ1) is 16.2. The molecule has 178 valence electrons. The largest absolute Gasteiger partial charge is 0.268 e. The zero-order chi connectivity index (χ0) is 24.0. The Morgan fingerprint density at radius 2 is 1.97 bits per heavy atom. The van der Waals surface area contributed by atoms with Crippen LogP contribution in [-0.4, -0.2) is 14.3 Å². The highest BCUT2D eigenvalue weighted by Gasteiger charge is 2.30. The fourth-order valence-electron chi connectivity index (χ4n) is 4.94. The van der Waals surface area contributed by atoms with Gasteiger partial charge in [0.05, 0.1) is 30.6 Å². The van der Waals surface area contributed by atoms with Crippen molar-refractivity contribution in [3.05, 3.63) is 70.8 Å². The second-order valence-electron chi connectivity index (χ2n) is 11.0. The van der Waals surface area contributed by atoms with Gasteiger partial charge in [0, 0.05) is 16.6 Å². The summed E-state index contributed by atoms with van der Waals surface area (Å²) in [4.78, 5) is 2.91. The molecule has 4 heterocycles. The Labute approximate surface area is 207 Å². The van der Waals surface area contributed by atoms with Gasteiger partial charge in [-0.05, 0) is 47.4 Å². The fraction of sp³-hybridized carbons (Fsp3) is 0.448. The summed E-state index contributed by atoms with van der Waals surface area (Å²) < 4.78 is 7.12. The van der Waals surface area contributed by atoms with Gasteiger partial charge in [-0.3, -0.25) is 4.68 Å². The standard InChI is InChI=1S/C29H37N4S/c1-20(2)26-15-21(3)28(34-26)25-19-31(27-11-8-12-33(25)27)13-14-32-18-23(17-30-32)22-9-7-10-24(16-22)29(4,5)6/h7,9-10,15-20H,8,11-14H2,1-6H3/q+1. The first kappa shape index (κ1) is 23.1. The van der Waals surface area contributed by atoms with Crippen molar-refractivity contribution in [2.45, 2.75) is 85.4 Å². The number of imidazole rings is 1. The van der Waals surface area contributed by atoms with Crippen LogP contribution in [0, 0.1) is 6.92 Å². The molecule has 0 spiro atoms. The van der Waals surface area contributed by atoms with Gasteiger partial charge >= 0.3 is 0 Å². The van der Waals surface area contributed by atoms with Gasteiger partial charge < -0.3 is 0 Å². The van der Waals surface area contributed by atoms with Gasteiger partial charge in [0.15, 0.2) is 5.69 Å². The van der Waals surface area contributed by atoms with Crippen molar-refractivity contribution in [3.8, 4) is 21.7 Å². The first-order valence-corrected chi connectivity index (χ1v) is 13.4. The number of hydrogen-bond donors (Lipinski definition) is 0. The minimum atomic E-state index is 0.146. The lowest BCUT2D eigenvalue weighted by molar-refractivity contribution is -0.704. The average molecular weight is 474 g/mol. The Kier molecular flexibility index (Phi) is 6.01. The third-order valence-electron chi connectivity index (χ3n) is 7.00. The second kappa shape index (κ2) is 8.84. The van der Waals surface area contributed by atoms with Gasteiger partial charge in [0.25, 0.3) is 5.82 Å². The highest BCUT2D eigenvalue weighted by Crippen LogP contribution is 2.37. The molecule has 1 aromatic carbocycles. The van der Waals surface area contributed by atoms with Gasteiger partial charge in [0.1, 0.15) is 12.7 Å². The van der Waals surface area contributed by atoms with E-state index in [0.29, 0.717) is 5.92 Å². The van der Waals surface area contributed by atoms with Crippen LogP contribution in [0.3, 0.4) is 0 Å². The number of nitrogens with zero attached hydrogens (tertiary/aromatic N) is 4. The van der Waals surface area contributed by atoms with Crippen LogP contribution in [0.4, 0.5) is 0 Å². The highest BCUT2D eigenvalue weighted by molar-refractivity contribution is 7.15. The Morgan fingerprint density at radius 3 is 2.71 bits per heavy atom. The minimum Gasteiger partial charge on any atom is -0.268 e. The lowest BCUT2D eigenvalue weighted by Crippen LogP contribution is -2.38. The summed E-state index contributed by atoms with van der Waals surface area (Å²) in [6, 6.07) is 11.2. The molecule has 0 unspecified atom stereocenters. The molecule has 5 rings (SSSR count). The predicted molar refractivity (Wildman–Crippen MR) is 141 cm³/mol. The number of hydrogen-bond acceptors (Lipinski definition) is 2. The molecule has 0 bridgehead atoms. The SMILES string of the molecule is Cc1cc(C(C)C)sc1-c1c[n+](CCn2cc(-c3cccc(C(C)(C)C)c3)cn2)c2n1CCC2. The monoisotopic (exact) mass is 473 g/mol. The van der Waals surface area contributed by atoms with Crippen LogP contribution in [0.25, 0.3) is 21.7 Å². The number of benzene rings is 1. The zero-order valence-corrected chi connectivity index (χ0v) is 22.2. The van der Waals surface area contributed by atoms with Crippen LogP contribution < -0.4 is 4.57 Å². The number of fused-ring (bicyclic) bond motifs is 1. The fourth-order valence-corrected chi connectivity index (χ4v) is 6.13. The molecule has 0 saturated heterocycles. The molecular weight excluding hydrogens is 436 g/mol. The minimum absolute atomic E-state index is 0.146. The van der Waals surface area contributed by atoms with Gasteiger partial charge in [-0.1, -0.05) is 58.9 Å². The molecule has 0 N–H and O–H groups in total. The molecule has 0 radical (unpaired) electrons. The molecule has 0 aliphatic carbocycles. The molecule has 0 amide bonds. The van der Waals surface area contributed by atoms with E-state index < -0.39 is 0 Å². The third-order valence-corrected chi connectivity index (χ3v) is 8.56. The predicted octanol–water partition coefficient (Wildman–Crippen LogP) is 6.74. The molecule has 3 aromatic heterocycles. The van der Waals surface area contributed by atoms with E-state index in [1.54, 1.807) is 0 Å². The molecule has 4 aromatic rings. The van der Waals surface area contributed by atoms with E-state index >= 15 is 0 Å². The summed E-state index contributed by atoms with van der Waals surface area (Å²) in [7, 11) is 0. The number of aryl methyl sites for hydroxylation is 3. The van der Waals surface area contributed by atoms with Crippen LogP contribution >= 0.6 is 11.3 Å². The number of rotatable bonds is 6. The maximum atomic E-state index is 4.69. The van der Waals surface area contributed by atoms with Crippen molar-refractivity contribution in [1.29, 1.82) is 0 Å². The molecule has 5 heteroatoms. The second-order valence-corrected chi connectivity index (χ2v) is 12.1. The van der Waals surface area contributed by atoms with E-state index in [9.17, 15) is 0 Å². The first-order valence-electron chi connectivity index (χ1n) is 12.6. The van der Waals surface area contributed by atoms with E-state index in [-0.39, 0.29) is 5.41 Å². The van der Waals surface area contributed by atoms with Gasteiger partial charge in [-0.25, -0.2) is 9.13 Å². The Hall–Kier alpha value is -2.66. The molecule has 0 saturated carbocycles. The van der Waals surface area contributed by atoms with E-state index in [4.69, 9.17) is 5.10 Å². The summed E-state index contributed by atoms with van der Waals surface area (Å²) in [5, 5.41) is 4.69. The van der Waals surface area contributed by atoms with Crippen molar-refractivity contribution in [2.75, 3.05) is 0 Å². The maximum absolute atomic E-state index is 4.69. The molecule has 1 aliphatic heterocycles. The van der Waals surface area contributed by atoms with Crippen LogP contribution in [0.1, 0.15) is 68.8 Å². The van der Waals surface area contributed by atoms with Crippen molar-refractivity contribution in [2.24, 2.45) is 0 Å². The van der Waals surface area contributed by atoms with Crippen molar-refractivity contribution < 1.29 is 4.57 Å². The normalized spacial score (nSPS) is 13.7. The van der Waals surface area contributed by atoms with Gasteiger partial charge in [-0.2, -0.15) is 5.10 Å². The van der Waals surface area contributed by atoms with Gasteiger partial charge in [0.2, 0.25) is 0 Å². The van der Waals surface area contributed by atoms with E-state index in [2.05, 4.69) is 98.1 Å². The number of thiophene rings is 1. The quantitative estimate of drug-likeness (QED) is 0.285. The van der Waals surface area contributed by atoms with Crippen LogP contribution in [0.15, 0.2) is 48.9 Å². The Balaban J connectivity index is 1.36. The topological polar surface area (TPSA) is 26.6 Å². The molecule has 1 aliphatic rings. The summed E-state index contributed by atoms with van der Waals surface area (Å²) in [6.07, 6.45) is 8.98. The third kappa shape index (κ3) is 4.38. The molecule has 4 nitrogen and oxygen atoms in total. The highest BCUT2D eigenvalue weighted by atomic mass is 32.1. The Bertz CT molecular complexity index is 1310. The zero-order valence-electron chi connectivity index (χ0n) is 21.4. The summed E-state index contributed by atoms with van der Waals surface area (Å²) in [5.41, 5.74) is 6.73.